The number of hydrogen-bond acceptors (Lipinski definition) is 2. The van der Waals surface area contributed by atoms with Crippen LogP contribution in [0.2, 0.25) is 0 Å². The first-order chi connectivity index (χ1) is 12.0. The van der Waals surface area contributed by atoms with Gasteiger partial charge >= 0.3 is 6.03 Å². The Labute approximate surface area is 149 Å². The molecule has 0 saturated carbocycles. The second kappa shape index (κ2) is 8.87. The zero-order valence-electron chi connectivity index (χ0n) is 15.0. The van der Waals surface area contributed by atoms with E-state index in [4.69, 9.17) is 0 Å². The molecule has 3 amide bonds. The van der Waals surface area contributed by atoms with Crippen molar-refractivity contribution in [2.45, 2.75) is 27.3 Å². The summed E-state index contributed by atoms with van der Waals surface area (Å²) < 4.78 is 0. The normalized spacial score (nSPS) is 10.2. The Hall–Kier alpha value is -2.82. The van der Waals surface area contributed by atoms with Gasteiger partial charge in [-0.05, 0) is 38.5 Å². The van der Waals surface area contributed by atoms with E-state index in [9.17, 15) is 9.59 Å². The van der Waals surface area contributed by atoms with Crippen LogP contribution in [0.4, 0.5) is 10.5 Å². The maximum atomic E-state index is 12.5. The summed E-state index contributed by atoms with van der Waals surface area (Å²) in [5.74, 6) is -0.212. The highest BCUT2D eigenvalue weighted by molar-refractivity contribution is 6.03. The number of urea groups is 1. The molecule has 0 aromatic heterocycles. The Morgan fingerprint density at radius 2 is 1.60 bits per heavy atom. The van der Waals surface area contributed by atoms with Crippen molar-refractivity contribution in [3.63, 3.8) is 0 Å². The second-order valence-corrected chi connectivity index (χ2v) is 5.82. The molecule has 2 aromatic carbocycles. The van der Waals surface area contributed by atoms with Crippen LogP contribution in [0.5, 0.6) is 0 Å². The van der Waals surface area contributed by atoms with E-state index < -0.39 is 0 Å². The highest BCUT2D eigenvalue weighted by Gasteiger charge is 2.15. The van der Waals surface area contributed by atoms with Crippen molar-refractivity contribution in [3.8, 4) is 0 Å². The molecule has 0 aliphatic heterocycles. The predicted molar refractivity (Wildman–Crippen MR) is 101 cm³/mol. The smallest absolute Gasteiger partial charge is 0.321 e. The number of amides is 3. The van der Waals surface area contributed by atoms with E-state index in [1.165, 1.54) is 5.56 Å². The average Bonchev–Trinajstić information content (AvgIpc) is 2.62. The number of rotatable bonds is 6. The van der Waals surface area contributed by atoms with Gasteiger partial charge in [-0.15, -0.1) is 0 Å². The number of hydrogen-bond donors (Lipinski definition) is 2. The van der Waals surface area contributed by atoms with Crippen molar-refractivity contribution in [1.82, 2.24) is 10.2 Å². The lowest BCUT2D eigenvalue weighted by Gasteiger charge is -2.20. The van der Waals surface area contributed by atoms with Crippen LogP contribution in [0.15, 0.2) is 48.5 Å². The van der Waals surface area contributed by atoms with Crippen LogP contribution in [-0.2, 0) is 6.54 Å². The first kappa shape index (κ1) is 18.5. The van der Waals surface area contributed by atoms with Gasteiger partial charge in [0.25, 0.3) is 5.91 Å². The number of para-hydroxylation sites is 1. The van der Waals surface area contributed by atoms with Crippen LogP contribution >= 0.6 is 0 Å². The number of carbonyl (C=O) groups excluding carboxylic acids is 2. The molecular formula is C20H25N3O2. The van der Waals surface area contributed by atoms with Gasteiger partial charge in [0.1, 0.15) is 0 Å². The molecule has 0 aliphatic rings. The molecule has 2 aromatic rings. The summed E-state index contributed by atoms with van der Waals surface area (Å²) in [6.07, 6.45) is 0. The van der Waals surface area contributed by atoms with Crippen molar-refractivity contribution >= 4 is 17.6 Å². The van der Waals surface area contributed by atoms with E-state index in [1.54, 1.807) is 29.2 Å². The molecule has 0 atom stereocenters. The molecule has 5 nitrogen and oxygen atoms in total. The SMILES string of the molecule is CCN(CC)C(=O)Nc1ccccc1C(=O)NCc1ccc(C)cc1. The Kier molecular flexibility index (Phi) is 6.57. The fraction of sp³-hybridized carbons (Fsp3) is 0.300. The minimum Gasteiger partial charge on any atom is -0.348 e. The van der Waals surface area contributed by atoms with Gasteiger partial charge < -0.3 is 15.5 Å². The molecule has 0 fully saturated rings. The van der Waals surface area contributed by atoms with Gasteiger partial charge in [-0.25, -0.2) is 4.79 Å². The van der Waals surface area contributed by atoms with Crippen molar-refractivity contribution in [2.24, 2.45) is 0 Å². The van der Waals surface area contributed by atoms with Crippen molar-refractivity contribution < 1.29 is 9.59 Å². The van der Waals surface area contributed by atoms with E-state index in [-0.39, 0.29) is 11.9 Å². The number of anilines is 1. The molecule has 0 bridgehead atoms. The first-order valence-electron chi connectivity index (χ1n) is 8.53. The quantitative estimate of drug-likeness (QED) is 0.841. The molecule has 0 aliphatic carbocycles. The predicted octanol–water partition coefficient (Wildman–Crippen LogP) is 3.80. The summed E-state index contributed by atoms with van der Waals surface area (Å²) in [5.41, 5.74) is 3.18. The lowest BCUT2D eigenvalue weighted by Crippen LogP contribution is -2.35. The Morgan fingerprint density at radius 1 is 0.960 bits per heavy atom. The fourth-order valence-electron chi connectivity index (χ4n) is 2.48. The van der Waals surface area contributed by atoms with Gasteiger partial charge in [-0.1, -0.05) is 42.0 Å². The van der Waals surface area contributed by atoms with Crippen molar-refractivity contribution in [1.29, 1.82) is 0 Å². The van der Waals surface area contributed by atoms with E-state index in [2.05, 4.69) is 10.6 Å². The summed E-state index contributed by atoms with van der Waals surface area (Å²) >= 11 is 0. The standard InChI is InChI=1S/C20H25N3O2/c1-4-23(5-2)20(25)22-18-9-7-6-8-17(18)19(24)21-14-16-12-10-15(3)11-13-16/h6-13H,4-5,14H2,1-3H3,(H,21,24)(H,22,25). The molecule has 5 heteroatoms. The van der Waals surface area contributed by atoms with Crippen LogP contribution in [0, 0.1) is 6.92 Å². The van der Waals surface area contributed by atoms with Gasteiger partial charge in [0.15, 0.2) is 0 Å². The van der Waals surface area contributed by atoms with Gasteiger partial charge in [0, 0.05) is 19.6 Å². The third-order valence-corrected chi connectivity index (χ3v) is 4.04. The monoisotopic (exact) mass is 339 g/mol. The van der Waals surface area contributed by atoms with Crippen LogP contribution in [0.25, 0.3) is 0 Å². The van der Waals surface area contributed by atoms with Gasteiger partial charge in [-0.2, -0.15) is 0 Å². The zero-order valence-corrected chi connectivity index (χ0v) is 15.0. The van der Waals surface area contributed by atoms with E-state index in [0.29, 0.717) is 30.9 Å². The third-order valence-electron chi connectivity index (χ3n) is 4.04. The lowest BCUT2D eigenvalue weighted by molar-refractivity contribution is 0.0952. The summed E-state index contributed by atoms with van der Waals surface area (Å²) in [5, 5.41) is 5.73. The topological polar surface area (TPSA) is 61.4 Å². The molecule has 25 heavy (non-hydrogen) atoms. The molecule has 0 radical (unpaired) electrons. The number of carbonyl (C=O) groups is 2. The largest absolute Gasteiger partial charge is 0.348 e. The Balaban J connectivity index is 2.06. The number of benzene rings is 2. The fourth-order valence-corrected chi connectivity index (χ4v) is 2.48. The second-order valence-electron chi connectivity index (χ2n) is 5.82. The van der Waals surface area contributed by atoms with Gasteiger partial charge in [0.2, 0.25) is 0 Å². The van der Waals surface area contributed by atoms with Crippen LogP contribution in [0.3, 0.4) is 0 Å². The highest BCUT2D eigenvalue weighted by atomic mass is 16.2. The maximum Gasteiger partial charge on any atom is 0.321 e. The lowest BCUT2D eigenvalue weighted by atomic mass is 10.1. The zero-order chi connectivity index (χ0) is 18.2. The molecular weight excluding hydrogens is 314 g/mol. The van der Waals surface area contributed by atoms with E-state index in [0.717, 1.165) is 5.56 Å². The molecule has 0 saturated heterocycles. The van der Waals surface area contributed by atoms with Crippen LogP contribution < -0.4 is 10.6 Å². The average molecular weight is 339 g/mol. The summed E-state index contributed by atoms with van der Waals surface area (Å²) in [7, 11) is 0. The molecule has 0 unspecified atom stereocenters. The number of aryl methyl sites for hydroxylation is 1. The van der Waals surface area contributed by atoms with Crippen LogP contribution in [0.1, 0.15) is 35.3 Å². The molecule has 132 valence electrons. The maximum absolute atomic E-state index is 12.5. The minimum atomic E-state index is -0.212. The number of nitrogens with one attached hydrogen (secondary N) is 2. The summed E-state index contributed by atoms with van der Waals surface area (Å²) in [4.78, 5) is 26.4. The van der Waals surface area contributed by atoms with Gasteiger partial charge in [-0.3, -0.25) is 4.79 Å². The highest BCUT2D eigenvalue weighted by Crippen LogP contribution is 2.16. The summed E-state index contributed by atoms with van der Waals surface area (Å²) in [6, 6.07) is 14.8. The molecule has 0 spiro atoms. The summed E-state index contributed by atoms with van der Waals surface area (Å²) in [6.45, 7) is 7.54. The Morgan fingerprint density at radius 3 is 2.24 bits per heavy atom. The van der Waals surface area contributed by atoms with E-state index in [1.807, 2.05) is 45.0 Å². The van der Waals surface area contributed by atoms with Gasteiger partial charge in [0.05, 0.1) is 11.3 Å². The molecule has 2 rings (SSSR count). The Bertz CT molecular complexity index is 722. The third kappa shape index (κ3) is 5.08. The number of nitrogens with zero attached hydrogens (tertiary/aromatic N) is 1. The van der Waals surface area contributed by atoms with Crippen molar-refractivity contribution in [3.05, 3.63) is 65.2 Å². The first-order valence-corrected chi connectivity index (χ1v) is 8.53. The molecule has 2 N–H and O–H groups in total. The van der Waals surface area contributed by atoms with E-state index >= 15 is 0 Å². The van der Waals surface area contributed by atoms with Crippen LogP contribution in [-0.4, -0.2) is 29.9 Å². The van der Waals surface area contributed by atoms with Crippen molar-refractivity contribution in [2.75, 3.05) is 18.4 Å². The molecule has 0 heterocycles. The minimum absolute atomic E-state index is 0.205.